The normalized spacial score (nSPS) is 11.0. The van der Waals surface area contributed by atoms with Crippen molar-refractivity contribution in [3.63, 3.8) is 0 Å². The van der Waals surface area contributed by atoms with Gasteiger partial charge in [-0.05, 0) is 30.7 Å². The average molecular weight is 281 g/mol. The van der Waals surface area contributed by atoms with Crippen LogP contribution in [0.2, 0.25) is 0 Å². The molecule has 2 N–H and O–H groups in total. The maximum Gasteiger partial charge on any atom is 0.141 e. The molecule has 0 unspecified atom stereocenters. The third-order valence-corrected chi connectivity index (χ3v) is 3.55. The van der Waals surface area contributed by atoms with E-state index in [-0.39, 0.29) is 0 Å². The molecule has 0 fully saturated rings. The van der Waals surface area contributed by atoms with Gasteiger partial charge in [-0.1, -0.05) is 19.1 Å². The Bertz CT molecular complexity index is 777. The molecule has 0 radical (unpaired) electrons. The lowest BCUT2D eigenvalue weighted by molar-refractivity contribution is 0.415. The first-order chi connectivity index (χ1) is 10.2. The predicted molar refractivity (Wildman–Crippen MR) is 86.4 cm³/mol. The fraction of sp³-hybridized carbons (Fsp3) is 0.235. The van der Waals surface area contributed by atoms with Crippen LogP contribution in [0.4, 0.5) is 5.69 Å². The molecule has 0 aliphatic rings. The molecule has 2 aromatic carbocycles. The lowest BCUT2D eigenvalue weighted by Crippen LogP contribution is -2.00. The Labute approximate surface area is 124 Å². The Kier molecular flexibility index (Phi) is 3.52. The minimum atomic E-state index is 0.750. The first-order valence-corrected chi connectivity index (χ1v) is 7.13. The van der Waals surface area contributed by atoms with Gasteiger partial charge in [0.2, 0.25) is 0 Å². The highest BCUT2D eigenvalue weighted by Crippen LogP contribution is 2.28. The van der Waals surface area contributed by atoms with Crippen molar-refractivity contribution in [1.29, 1.82) is 0 Å². The van der Waals surface area contributed by atoms with E-state index in [2.05, 4.69) is 17.6 Å². The number of aryl methyl sites for hydroxylation is 1. The fourth-order valence-corrected chi connectivity index (χ4v) is 2.58. The van der Waals surface area contributed by atoms with Crippen LogP contribution in [0.3, 0.4) is 0 Å². The molecule has 0 saturated carbocycles. The molecular weight excluding hydrogens is 262 g/mol. The summed E-state index contributed by atoms with van der Waals surface area (Å²) in [7, 11) is 1.67. The number of rotatable bonds is 4. The Balaban J connectivity index is 2.23. The number of benzene rings is 2. The van der Waals surface area contributed by atoms with Crippen LogP contribution in [-0.4, -0.2) is 16.7 Å². The lowest BCUT2D eigenvalue weighted by atomic mass is 10.2. The van der Waals surface area contributed by atoms with Crippen LogP contribution < -0.4 is 10.5 Å². The summed E-state index contributed by atoms with van der Waals surface area (Å²) in [6.45, 7) is 3.09. The number of aromatic nitrogens is 2. The van der Waals surface area contributed by atoms with Gasteiger partial charge in [0.15, 0.2) is 0 Å². The van der Waals surface area contributed by atoms with E-state index in [4.69, 9.17) is 15.5 Å². The van der Waals surface area contributed by atoms with E-state index in [0.717, 1.165) is 46.8 Å². The smallest absolute Gasteiger partial charge is 0.141 e. The van der Waals surface area contributed by atoms with Crippen LogP contribution in [0.5, 0.6) is 5.75 Å². The summed E-state index contributed by atoms with van der Waals surface area (Å²) in [6, 6.07) is 13.9. The number of ether oxygens (including phenoxy) is 1. The minimum Gasteiger partial charge on any atom is -0.497 e. The molecule has 1 heterocycles. The van der Waals surface area contributed by atoms with Gasteiger partial charge in [0.05, 0.1) is 18.1 Å². The first-order valence-electron chi connectivity index (χ1n) is 7.13. The van der Waals surface area contributed by atoms with Gasteiger partial charge in [-0.15, -0.1) is 0 Å². The van der Waals surface area contributed by atoms with Crippen molar-refractivity contribution in [1.82, 2.24) is 9.55 Å². The summed E-state index contributed by atoms with van der Waals surface area (Å²) in [5.74, 6) is 1.77. The van der Waals surface area contributed by atoms with Crippen molar-refractivity contribution >= 4 is 16.7 Å². The van der Waals surface area contributed by atoms with Crippen LogP contribution in [0, 0.1) is 0 Å². The fourth-order valence-electron chi connectivity index (χ4n) is 2.58. The Morgan fingerprint density at radius 2 is 2.05 bits per heavy atom. The lowest BCUT2D eigenvalue weighted by Gasteiger charge is -2.08. The highest BCUT2D eigenvalue weighted by atomic mass is 16.5. The second kappa shape index (κ2) is 5.48. The van der Waals surface area contributed by atoms with E-state index >= 15 is 0 Å². The molecule has 0 bridgehead atoms. The third-order valence-electron chi connectivity index (χ3n) is 3.55. The van der Waals surface area contributed by atoms with E-state index in [1.165, 1.54) is 0 Å². The monoisotopic (exact) mass is 281 g/mol. The Hall–Kier alpha value is -2.49. The number of hydrogen-bond acceptors (Lipinski definition) is 3. The zero-order valence-corrected chi connectivity index (χ0v) is 12.3. The molecule has 0 aliphatic heterocycles. The van der Waals surface area contributed by atoms with E-state index in [0.29, 0.717) is 0 Å². The number of hydrogen-bond donors (Lipinski definition) is 1. The molecule has 0 spiro atoms. The number of fused-ring (bicyclic) bond motifs is 1. The van der Waals surface area contributed by atoms with E-state index in [9.17, 15) is 0 Å². The highest BCUT2D eigenvalue weighted by Gasteiger charge is 2.12. The zero-order valence-electron chi connectivity index (χ0n) is 12.3. The van der Waals surface area contributed by atoms with Gasteiger partial charge in [0, 0.05) is 23.9 Å². The van der Waals surface area contributed by atoms with Crippen LogP contribution in [0.25, 0.3) is 22.4 Å². The number of nitrogens with zero attached hydrogens (tertiary/aromatic N) is 2. The Morgan fingerprint density at radius 3 is 2.76 bits per heavy atom. The maximum atomic E-state index is 5.90. The van der Waals surface area contributed by atoms with Crippen molar-refractivity contribution in [2.45, 2.75) is 19.9 Å². The number of anilines is 1. The van der Waals surface area contributed by atoms with Gasteiger partial charge in [-0.2, -0.15) is 0 Å². The van der Waals surface area contributed by atoms with Gasteiger partial charge in [0.1, 0.15) is 11.6 Å². The van der Waals surface area contributed by atoms with Gasteiger partial charge < -0.3 is 15.0 Å². The first kappa shape index (κ1) is 13.5. The second-order valence-electron chi connectivity index (χ2n) is 5.07. The number of methoxy groups -OCH3 is 1. The van der Waals surface area contributed by atoms with Crippen molar-refractivity contribution in [3.8, 4) is 17.1 Å². The Morgan fingerprint density at radius 1 is 1.19 bits per heavy atom. The third kappa shape index (κ3) is 2.44. The van der Waals surface area contributed by atoms with Crippen LogP contribution in [0.1, 0.15) is 13.3 Å². The number of nitrogens with two attached hydrogens (primary N) is 1. The minimum absolute atomic E-state index is 0.750. The van der Waals surface area contributed by atoms with Gasteiger partial charge in [-0.25, -0.2) is 4.98 Å². The number of nitrogen functional groups attached to an aromatic ring is 1. The molecule has 3 aromatic rings. The zero-order chi connectivity index (χ0) is 14.8. The van der Waals surface area contributed by atoms with Crippen LogP contribution in [0.15, 0.2) is 42.5 Å². The number of imidazole rings is 1. The summed E-state index contributed by atoms with van der Waals surface area (Å²) >= 11 is 0. The standard InChI is InChI=1S/C17H19N3O/c1-3-9-20-16-8-7-14(21-2)11-15(16)19-17(20)12-5-4-6-13(18)10-12/h4-8,10-11H,3,9,18H2,1-2H3. The van der Waals surface area contributed by atoms with Crippen LogP contribution in [-0.2, 0) is 6.54 Å². The van der Waals surface area contributed by atoms with E-state index < -0.39 is 0 Å². The molecule has 0 atom stereocenters. The summed E-state index contributed by atoms with van der Waals surface area (Å²) in [5.41, 5.74) is 9.76. The molecule has 3 rings (SSSR count). The maximum absolute atomic E-state index is 5.90. The SMILES string of the molecule is CCCn1c(-c2cccc(N)c2)nc2cc(OC)ccc21. The van der Waals surface area contributed by atoms with E-state index in [1.54, 1.807) is 7.11 Å². The predicted octanol–water partition coefficient (Wildman–Crippen LogP) is 3.70. The molecular formula is C17H19N3O. The largest absolute Gasteiger partial charge is 0.497 e. The highest BCUT2D eigenvalue weighted by molar-refractivity contribution is 5.82. The molecule has 4 nitrogen and oxygen atoms in total. The molecule has 1 aromatic heterocycles. The van der Waals surface area contributed by atoms with Crippen molar-refractivity contribution in [3.05, 3.63) is 42.5 Å². The van der Waals surface area contributed by atoms with Crippen molar-refractivity contribution in [2.24, 2.45) is 0 Å². The molecule has 0 saturated heterocycles. The molecule has 108 valence electrons. The van der Waals surface area contributed by atoms with Gasteiger partial charge in [-0.3, -0.25) is 0 Å². The van der Waals surface area contributed by atoms with Crippen LogP contribution >= 0.6 is 0 Å². The van der Waals surface area contributed by atoms with Crippen molar-refractivity contribution < 1.29 is 4.74 Å². The van der Waals surface area contributed by atoms with Crippen molar-refractivity contribution in [2.75, 3.05) is 12.8 Å². The second-order valence-corrected chi connectivity index (χ2v) is 5.07. The molecule has 0 amide bonds. The summed E-state index contributed by atoms with van der Waals surface area (Å²) in [5, 5.41) is 0. The molecule has 21 heavy (non-hydrogen) atoms. The summed E-state index contributed by atoms with van der Waals surface area (Å²) < 4.78 is 7.53. The van der Waals surface area contributed by atoms with Gasteiger partial charge >= 0.3 is 0 Å². The molecule has 4 heteroatoms. The average Bonchev–Trinajstić information content (AvgIpc) is 2.85. The van der Waals surface area contributed by atoms with E-state index in [1.807, 2.05) is 36.4 Å². The molecule has 0 aliphatic carbocycles. The summed E-state index contributed by atoms with van der Waals surface area (Å²) in [6.07, 6.45) is 1.05. The van der Waals surface area contributed by atoms with Gasteiger partial charge in [0.25, 0.3) is 0 Å². The topological polar surface area (TPSA) is 53.1 Å². The summed E-state index contributed by atoms with van der Waals surface area (Å²) in [4.78, 5) is 4.78. The quantitative estimate of drug-likeness (QED) is 0.742.